The Balaban J connectivity index is 1.60. The van der Waals surface area contributed by atoms with Gasteiger partial charge >= 0.3 is 11.7 Å². The highest BCUT2D eigenvalue weighted by Gasteiger charge is 2.20. The number of benzene rings is 1. The molecule has 0 bridgehead atoms. The van der Waals surface area contributed by atoms with E-state index in [0.29, 0.717) is 22.2 Å². The van der Waals surface area contributed by atoms with Crippen molar-refractivity contribution in [3.05, 3.63) is 66.7 Å². The molecule has 1 aromatic carbocycles. The number of halogens is 2. The van der Waals surface area contributed by atoms with Crippen LogP contribution in [-0.2, 0) is 16.3 Å². The monoisotopic (exact) mass is 606 g/mol. The molecule has 12 nitrogen and oxygen atoms in total. The Morgan fingerprint density at radius 3 is 2.97 bits per heavy atom. The number of H-pyrrole nitrogens is 1. The lowest BCUT2D eigenvalue weighted by molar-refractivity contribution is -0.145. The molecular weight excluding hydrogens is 586 g/mol. The lowest BCUT2D eigenvalue weighted by Crippen LogP contribution is -2.23. The van der Waals surface area contributed by atoms with Crippen molar-refractivity contribution in [3.8, 4) is 5.88 Å². The van der Waals surface area contributed by atoms with Gasteiger partial charge in [0.1, 0.15) is 17.3 Å². The summed E-state index contributed by atoms with van der Waals surface area (Å²) in [5, 5.41) is 18.3. The van der Waals surface area contributed by atoms with Gasteiger partial charge in [-0.25, -0.2) is 18.7 Å². The van der Waals surface area contributed by atoms with E-state index in [1.54, 1.807) is 18.2 Å². The molecule has 36 heavy (non-hydrogen) atoms. The number of ether oxygens (including phenoxy) is 1. The molecule has 0 atom stereocenters. The fourth-order valence-corrected chi connectivity index (χ4v) is 3.89. The molecule has 0 saturated heterocycles. The van der Waals surface area contributed by atoms with Gasteiger partial charge in [0.2, 0.25) is 5.88 Å². The van der Waals surface area contributed by atoms with Crippen LogP contribution in [0.4, 0.5) is 15.9 Å². The van der Waals surface area contributed by atoms with Crippen molar-refractivity contribution in [2.45, 2.75) is 25.6 Å². The second kappa shape index (κ2) is 9.69. The summed E-state index contributed by atoms with van der Waals surface area (Å²) in [5.41, 5.74) is 5.72. The van der Waals surface area contributed by atoms with Crippen molar-refractivity contribution >= 4 is 51.8 Å². The molecular formula is C22H20FIN8O4. The normalized spacial score (nSPS) is 14.5. The maximum atomic E-state index is 14.4. The number of hydrogen-bond donors (Lipinski definition) is 4. The van der Waals surface area contributed by atoms with Crippen molar-refractivity contribution in [2.24, 2.45) is 10.7 Å². The van der Waals surface area contributed by atoms with Crippen LogP contribution in [0.15, 0.2) is 40.2 Å². The van der Waals surface area contributed by atoms with Gasteiger partial charge in [-0.3, -0.25) is 9.79 Å². The molecule has 4 aromatic rings. The van der Waals surface area contributed by atoms with Crippen LogP contribution in [0.5, 0.6) is 5.88 Å². The van der Waals surface area contributed by atoms with Crippen LogP contribution in [0.25, 0.3) is 11.7 Å². The molecule has 0 spiro atoms. The van der Waals surface area contributed by atoms with Crippen molar-refractivity contribution in [1.82, 2.24) is 24.1 Å². The maximum Gasteiger partial charge on any atom is 0.331 e. The fourth-order valence-electron chi connectivity index (χ4n) is 3.40. The topological polar surface area (TPSA) is 165 Å². The van der Waals surface area contributed by atoms with E-state index < -0.39 is 30.1 Å². The summed E-state index contributed by atoms with van der Waals surface area (Å²) >= 11 is 2.09. The van der Waals surface area contributed by atoms with E-state index in [1.165, 1.54) is 22.9 Å². The first-order valence-electron chi connectivity index (χ1n) is 10.9. The van der Waals surface area contributed by atoms with Gasteiger partial charge in [0.25, 0.3) is 0 Å². The van der Waals surface area contributed by atoms with E-state index in [0.717, 1.165) is 21.0 Å². The van der Waals surface area contributed by atoms with Crippen LogP contribution in [0.1, 0.15) is 18.5 Å². The molecule has 5 rings (SSSR count). The van der Waals surface area contributed by atoms with Gasteiger partial charge in [-0.2, -0.15) is 9.61 Å². The molecule has 3 heterocycles. The quantitative estimate of drug-likeness (QED) is 0.174. The summed E-state index contributed by atoms with van der Waals surface area (Å²) in [7, 11) is 0. The Labute approximate surface area is 215 Å². The van der Waals surface area contributed by atoms with Crippen molar-refractivity contribution in [1.29, 1.82) is 0 Å². The van der Waals surface area contributed by atoms with Crippen molar-refractivity contribution < 1.29 is 19.0 Å². The van der Waals surface area contributed by atoms with Gasteiger partial charge in [-0.15, -0.1) is 0 Å². The number of nitrogens with two attached hydrogens (primary N) is 1. The van der Waals surface area contributed by atoms with Gasteiger partial charge in [0.15, 0.2) is 17.9 Å². The molecule has 1 aliphatic rings. The van der Waals surface area contributed by atoms with Crippen LogP contribution in [0, 0.1) is 9.39 Å². The number of imidazole rings is 1. The number of fused-ring (bicyclic) bond motifs is 1. The van der Waals surface area contributed by atoms with E-state index >= 15 is 0 Å². The molecule has 0 amide bonds. The largest absolute Gasteiger partial charge is 0.493 e. The highest BCUT2D eigenvalue weighted by Crippen LogP contribution is 2.23. The van der Waals surface area contributed by atoms with Crippen LogP contribution in [-0.4, -0.2) is 47.8 Å². The highest BCUT2D eigenvalue weighted by molar-refractivity contribution is 14.1. The zero-order valence-corrected chi connectivity index (χ0v) is 20.8. The Morgan fingerprint density at radius 2 is 2.22 bits per heavy atom. The van der Waals surface area contributed by atoms with Crippen LogP contribution >= 0.6 is 22.6 Å². The number of aromatic hydroxyl groups is 1. The van der Waals surface area contributed by atoms with E-state index in [4.69, 9.17) is 10.5 Å². The Bertz CT molecular complexity index is 1660. The number of esters is 1. The Kier molecular flexibility index (Phi) is 6.44. The number of hydrogen-bond acceptors (Lipinski definition) is 9. The summed E-state index contributed by atoms with van der Waals surface area (Å²) in [6.07, 6.45) is 4.92. The van der Waals surface area contributed by atoms with Crippen molar-refractivity contribution in [3.63, 3.8) is 0 Å². The van der Waals surface area contributed by atoms with E-state index in [9.17, 15) is 19.1 Å². The molecule has 0 unspecified atom stereocenters. The summed E-state index contributed by atoms with van der Waals surface area (Å²) in [5.74, 6) is -1.25. The summed E-state index contributed by atoms with van der Waals surface area (Å²) in [6.45, 7) is -0.860. The number of nitrogens with one attached hydrogen (secondary N) is 2. The molecule has 3 aromatic heterocycles. The van der Waals surface area contributed by atoms with Crippen LogP contribution in [0.2, 0.25) is 0 Å². The second-order valence-corrected chi connectivity index (χ2v) is 9.28. The standard InChI is InChI=1S/C22H20FIN8O4/c23-14-4-1-12(24)6-15(14)28-17-7-18(27-13-2-3-13)32-20(30-17)11(9-26-32)5-16-21(34)31(22(35)29-16)10-36-19(33)8-25/h1,4-7,9,13,28,34H,2-3,8,10,25H2,(H,29,35). The van der Waals surface area contributed by atoms with E-state index in [-0.39, 0.29) is 24.0 Å². The zero-order valence-electron chi connectivity index (χ0n) is 18.6. The highest BCUT2D eigenvalue weighted by atomic mass is 127. The Morgan fingerprint density at radius 1 is 1.42 bits per heavy atom. The molecule has 1 aliphatic carbocycles. The fraction of sp³-hybridized carbons (Fsp3) is 0.227. The van der Waals surface area contributed by atoms with E-state index in [1.807, 2.05) is 0 Å². The average Bonchev–Trinajstić information content (AvgIpc) is 3.52. The number of nitrogens with zero attached hydrogens (tertiary/aromatic N) is 5. The average molecular weight is 606 g/mol. The molecule has 0 aliphatic heterocycles. The molecule has 5 N–H and O–H groups in total. The third kappa shape index (κ3) is 4.94. The number of aromatic nitrogens is 5. The minimum Gasteiger partial charge on any atom is -0.493 e. The first-order chi connectivity index (χ1) is 17.3. The third-order valence-electron chi connectivity index (χ3n) is 5.34. The van der Waals surface area contributed by atoms with E-state index in [2.05, 4.69) is 48.0 Å². The minimum absolute atomic E-state index is 0.0585. The number of rotatable bonds is 7. The third-order valence-corrected chi connectivity index (χ3v) is 6.01. The van der Waals surface area contributed by atoms with Gasteiger partial charge in [0.05, 0.1) is 24.5 Å². The number of carbonyl (C=O) groups is 1. The first-order valence-corrected chi connectivity index (χ1v) is 11.9. The van der Waals surface area contributed by atoms with Crippen LogP contribution < -0.4 is 27.4 Å². The Hall–Kier alpha value is -3.79. The molecule has 1 fully saturated rings. The minimum atomic E-state index is -0.726. The second-order valence-electron chi connectivity index (χ2n) is 8.03. The summed E-state index contributed by atoms with van der Waals surface area (Å²) in [4.78, 5) is 35.3. The lowest BCUT2D eigenvalue weighted by Gasteiger charge is -2.08. The molecule has 1 saturated carbocycles. The molecule has 0 radical (unpaired) electrons. The molecule has 14 heteroatoms. The number of aromatic amines is 1. The van der Waals surface area contributed by atoms with Crippen molar-refractivity contribution in [2.75, 3.05) is 11.9 Å². The van der Waals surface area contributed by atoms with Gasteiger partial charge in [-0.05, 0) is 59.7 Å². The van der Waals surface area contributed by atoms with Gasteiger partial charge in [-0.1, -0.05) is 0 Å². The predicted molar refractivity (Wildman–Crippen MR) is 135 cm³/mol. The predicted octanol–water partition coefficient (Wildman–Crippen LogP) is 0.482. The molecule has 186 valence electrons. The SMILES string of the molecule is NCC(=O)OCn1c(O)c(C=c2cnn3c(=NC4CC4)cc(Nc4cc(I)ccc4F)nc23)[nH]c1=O. The lowest BCUT2D eigenvalue weighted by atomic mass is 10.3. The zero-order chi connectivity index (χ0) is 25.4. The van der Waals surface area contributed by atoms with Gasteiger partial charge < -0.3 is 25.9 Å². The number of carbonyl (C=O) groups excluding carboxylic acids is 1. The first kappa shape index (κ1) is 23.9. The smallest absolute Gasteiger partial charge is 0.331 e. The van der Waals surface area contributed by atoms with Gasteiger partial charge in [0, 0.05) is 14.9 Å². The van der Waals surface area contributed by atoms with Crippen LogP contribution in [0.3, 0.4) is 0 Å². The summed E-state index contributed by atoms with van der Waals surface area (Å²) in [6, 6.07) is 6.55. The summed E-state index contributed by atoms with van der Waals surface area (Å²) < 4.78 is 22.4. The maximum absolute atomic E-state index is 14.4. The number of anilines is 2.